The Balaban J connectivity index is 1.36. The number of aromatic nitrogens is 1. The van der Waals surface area contributed by atoms with Crippen LogP contribution in [0.5, 0.6) is 0 Å². The van der Waals surface area contributed by atoms with Crippen LogP contribution in [0.1, 0.15) is 39.9 Å². The number of nitrogens with zero attached hydrogens (tertiary/aromatic N) is 2. The van der Waals surface area contributed by atoms with E-state index in [0.717, 1.165) is 18.5 Å². The molecule has 4 N–H and O–H groups in total. The van der Waals surface area contributed by atoms with Crippen LogP contribution in [-0.2, 0) is 4.74 Å². The van der Waals surface area contributed by atoms with Gasteiger partial charge in [0.25, 0.3) is 11.1 Å². The van der Waals surface area contributed by atoms with Crippen LogP contribution in [0.15, 0.2) is 54.7 Å². The Kier molecular flexibility index (Phi) is 6.79. The van der Waals surface area contributed by atoms with Crippen LogP contribution in [0.25, 0.3) is 11.1 Å². The van der Waals surface area contributed by atoms with Gasteiger partial charge in [0.2, 0.25) is 0 Å². The van der Waals surface area contributed by atoms with Gasteiger partial charge in [-0.3, -0.25) is 4.79 Å². The summed E-state index contributed by atoms with van der Waals surface area (Å²) in [6.45, 7) is 0.964. The first kappa shape index (κ1) is 24.4. The average molecular weight is 527 g/mol. The van der Waals surface area contributed by atoms with Crippen LogP contribution in [0, 0.1) is 5.82 Å². The number of halogens is 2. The minimum atomic E-state index is -0.730. The molecule has 3 aromatic rings. The first-order valence-corrected chi connectivity index (χ1v) is 12.3. The fourth-order valence-corrected chi connectivity index (χ4v) is 5.29. The molecule has 2 saturated heterocycles. The Morgan fingerprint density at radius 2 is 2.17 bits per heavy atom. The molecule has 0 radical (unpaired) electrons. The predicted octanol–water partition coefficient (Wildman–Crippen LogP) is 4.06. The lowest BCUT2D eigenvalue weighted by molar-refractivity contribution is 0.0912. The number of benzene rings is 2. The first-order chi connectivity index (χ1) is 17.3. The molecule has 2 fully saturated rings. The molecule has 1 aromatic heterocycles. The normalized spacial score (nSPS) is 19.6. The van der Waals surface area contributed by atoms with E-state index >= 15 is 4.39 Å². The average Bonchev–Trinajstić information content (AvgIpc) is 3.44. The van der Waals surface area contributed by atoms with Gasteiger partial charge in [-0.25, -0.2) is 9.37 Å². The van der Waals surface area contributed by atoms with Crippen molar-refractivity contribution in [2.75, 3.05) is 25.5 Å². The maximum Gasteiger partial charge on any atom is 0.259 e. The van der Waals surface area contributed by atoms with Gasteiger partial charge >= 0.3 is 0 Å². The molecule has 7 nitrogen and oxygen atoms in total. The second-order valence-electron chi connectivity index (χ2n) is 8.98. The highest BCUT2D eigenvalue weighted by Gasteiger charge is 2.40. The highest BCUT2D eigenvalue weighted by atomic mass is 35.5. The molecule has 3 atom stereocenters. The number of carbonyl (C=O) groups excluding carboxylic acids is 1. The number of aliphatic hydroxyl groups excluding tert-OH is 1. The van der Waals surface area contributed by atoms with Crippen LogP contribution >= 0.6 is 23.8 Å². The summed E-state index contributed by atoms with van der Waals surface area (Å²) in [6, 6.07) is 12.5. The third kappa shape index (κ3) is 4.74. The number of nitrogen functional groups attached to an aromatic ring is 1. The van der Waals surface area contributed by atoms with Crippen molar-refractivity contribution < 1.29 is 19.0 Å². The van der Waals surface area contributed by atoms with E-state index in [0.29, 0.717) is 33.5 Å². The maximum absolute atomic E-state index is 15.1. The molecule has 5 rings (SSSR count). The van der Waals surface area contributed by atoms with Gasteiger partial charge in [0.05, 0.1) is 24.3 Å². The number of hydrogen-bond donors (Lipinski definition) is 3. The number of nitrogens with two attached hydrogens (primary N) is 1. The minimum Gasteiger partial charge on any atom is -0.469 e. The van der Waals surface area contributed by atoms with E-state index in [2.05, 4.69) is 15.2 Å². The van der Waals surface area contributed by atoms with Crippen LogP contribution in [0.2, 0.25) is 5.02 Å². The molecule has 0 bridgehead atoms. The summed E-state index contributed by atoms with van der Waals surface area (Å²) >= 11 is 11.3. The number of ether oxygens (including phenoxy) is 1. The van der Waals surface area contributed by atoms with E-state index < -0.39 is 17.8 Å². The summed E-state index contributed by atoms with van der Waals surface area (Å²) in [5.41, 5.74) is 8.71. The van der Waals surface area contributed by atoms with Crippen LogP contribution in [-0.4, -0.2) is 51.9 Å². The summed E-state index contributed by atoms with van der Waals surface area (Å²) in [6.07, 6.45) is 2.63. The molecule has 3 unspecified atom stereocenters. The topological polar surface area (TPSA) is 101 Å². The van der Waals surface area contributed by atoms with E-state index in [9.17, 15) is 9.90 Å². The Morgan fingerprint density at radius 3 is 2.89 bits per heavy atom. The van der Waals surface area contributed by atoms with Crippen molar-refractivity contribution in [3.63, 3.8) is 0 Å². The van der Waals surface area contributed by atoms with Crippen LogP contribution < -0.4 is 11.1 Å². The number of thiocarbonyl (C=S) groups is 1. The Morgan fingerprint density at radius 1 is 1.33 bits per heavy atom. The third-order valence-corrected chi connectivity index (χ3v) is 7.31. The van der Waals surface area contributed by atoms with Crippen molar-refractivity contribution >= 4 is 40.7 Å². The molecule has 3 heterocycles. The predicted molar refractivity (Wildman–Crippen MR) is 139 cm³/mol. The van der Waals surface area contributed by atoms with Gasteiger partial charge in [-0.15, -0.1) is 0 Å². The fourth-order valence-electron chi connectivity index (χ4n) is 4.80. The SMILES string of the molecule is Nc1ncc(C2CC3COC(=S)N3C2)cc1-c1ccc(C(=O)NC(CO)c2cccc(Cl)c2)c(F)c1. The smallest absolute Gasteiger partial charge is 0.259 e. The number of amides is 1. The lowest BCUT2D eigenvalue weighted by Crippen LogP contribution is -2.31. The standard InChI is InChI=1S/C26H24ClFN4O3S/c27-18-3-1-2-15(6-18)23(12-33)31-25(34)20-5-4-14(9-22(20)28)21-8-16(10-30-24(21)29)17-7-19-13-35-26(36)32(19)11-17/h1-6,8-10,17,19,23,33H,7,11-13H2,(H2,29,30)(H,31,34). The lowest BCUT2D eigenvalue weighted by atomic mass is 9.94. The Hall–Kier alpha value is -3.27. The molecule has 2 aliphatic heterocycles. The summed E-state index contributed by atoms with van der Waals surface area (Å²) in [7, 11) is 0. The number of hydrogen-bond acceptors (Lipinski definition) is 6. The van der Waals surface area contributed by atoms with Crippen molar-refractivity contribution in [2.24, 2.45) is 0 Å². The summed E-state index contributed by atoms with van der Waals surface area (Å²) in [5.74, 6) is -0.876. The summed E-state index contributed by atoms with van der Waals surface area (Å²) < 4.78 is 20.5. The lowest BCUT2D eigenvalue weighted by Gasteiger charge is -2.18. The molecule has 1 amide bonds. The number of pyridine rings is 1. The van der Waals surface area contributed by atoms with E-state index in [-0.39, 0.29) is 29.9 Å². The molecule has 0 aliphatic carbocycles. The van der Waals surface area contributed by atoms with Crippen molar-refractivity contribution in [2.45, 2.75) is 24.4 Å². The molecule has 0 spiro atoms. The van der Waals surface area contributed by atoms with Gasteiger partial charge < -0.3 is 25.8 Å². The number of aliphatic hydroxyl groups is 1. The van der Waals surface area contributed by atoms with Gasteiger partial charge in [0, 0.05) is 29.2 Å². The van der Waals surface area contributed by atoms with Gasteiger partial charge in [-0.2, -0.15) is 0 Å². The largest absolute Gasteiger partial charge is 0.469 e. The highest BCUT2D eigenvalue weighted by molar-refractivity contribution is 7.80. The Labute approximate surface area is 218 Å². The van der Waals surface area contributed by atoms with E-state index in [1.54, 1.807) is 36.5 Å². The van der Waals surface area contributed by atoms with Gasteiger partial charge in [0.15, 0.2) is 0 Å². The summed E-state index contributed by atoms with van der Waals surface area (Å²) in [4.78, 5) is 19.2. The van der Waals surface area contributed by atoms with E-state index in [1.165, 1.54) is 12.1 Å². The number of anilines is 1. The van der Waals surface area contributed by atoms with Gasteiger partial charge in [-0.1, -0.05) is 29.8 Å². The molecule has 2 aromatic carbocycles. The third-order valence-electron chi connectivity index (χ3n) is 6.72. The molecular formula is C26H24ClFN4O3S. The van der Waals surface area contributed by atoms with Crippen molar-refractivity contribution in [3.8, 4) is 11.1 Å². The van der Waals surface area contributed by atoms with Gasteiger partial charge in [-0.05, 0) is 65.7 Å². The molecule has 186 valence electrons. The molecule has 10 heteroatoms. The first-order valence-electron chi connectivity index (χ1n) is 11.5. The van der Waals surface area contributed by atoms with E-state index in [4.69, 9.17) is 34.3 Å². The van der Waals surface area contributed by atoms with Crippen molar-refractivity contribution in [1.82, 2.24) is 15.2 Å². The highest BCUT2D eigenvalue weighted by Crippen LogP contribution is 2.37. The second kappa shape index (κ2) is 10.0. The molecule has 0 saturated carbocycles. The monoisotopic (exact) mass is 526 g/mol. The second-order valence-corrected chi connectivity index (χ2v) is 9.76. The van der Waals surface area contributed by atoms with Crippen LogP contribution in [0.4, 0.5) is 10.2 Å². The Bertz CT molecular complexity index is 1340. The molecular weight excluding hydrogens is 503 g/mol. The van der Waals surface area contributed by atoms with Crippen molar-refractivity contribution in [1.29, 1.82) is 0 Å². The zero-order valence-corrected chi connectivity index (χ0v) is 20.7. The van der Waals surface area contributed by atoms with Crippen LogP contribution in [0.3, 0.4) is 0 Å². The minimum absolute atomic E-state index is 0.146. The number of fused-ring (bicyclic) bond motifs is 1. The van der Waals surface area contributed by atoms with E-state index in [1.807, 2.05) is 6.07 Å². The summed E-state index contributed by atoms with van der Waals surface area (Å²) in [5, 5.41) is 13.4. The molecule has 36 heavy (non-hydrogen) atoms. The quantitative estimate of drug-likeness (QED) is 0.416. The number of rotatable bonds is 6. The zero-order valence-electron chi connectivity index (χ0n) is 19.2. The maximum atomic E-state index is 15.1. The van der Waals surface area contributed by atoms with Crippen molar-refractivity contribution in [3.05, 3.63) is 82.3 Å². The number of carbonyl (C=O) groups is 1. The number of nitrogens with one attached hydrogen (secondary N) is 1. The zero-order chi connectivity index (χ0) is 25.4. The fraction of sp³-hybridized carbons (Fsp3) is 0.269. The molecule has 2 aliphatic rings. The van der Waals surface area contributed by atoms with Gasteiger partial charge in [0.1, 0.15) is 18.2 Å².